The number of nitrogens with one attached hydrogen (secondary N) is 1. The van der Waals surface area contributed by atoms with Crippen LogP contribution in [0.3, 0.4) is 0 Å². The van der Waals surface area contributed by atoms with Crippen LogP contribution in [0.15, 0.2) is 18.2 Å². The van der Waals surface area contributed by atoms with Crippen molar-refractivity contribution in [1.29, 1.82) is 0 Å². The molecule has 1 rings (SSSR count). The van der Waals surface area contributed by atoms with Crippen LogP contribution in [0.25, 0.3) is 0 Å². The van der Waals surface area contributed by atoms with E-state index in [4.69, 9.17) is 23.2 Å². The molecule has 0 aromatic heterocycles. The Balaban J connectivity index is 2.57. The lowest BCUT2D eigenvalue weighted by Crippen LogP contribution is -2.29. The van der Waals surface area contributed by atoms with Crippen LogP contribution in [-0.2, 0) is 6.42 Å². The highest BCUT2D eigenvalue weighted by Crippen LogP contribution is 2.24. The maximum absolute atomic E-state index is 6.02. The predicted octanol–water partition coefficient (Wildman–Crippen LogP) is 4.56. The third-order valence-electron chi connectivity index (χ3n) is 2.90. The second-order valence-electron chi connectivity index (χ2n) is 4.79. The fourth-order valence-electron chi connectivity index (χ4n) is 1.76. The van der Waals surface area contributed by atoms with Crippen molar-refractivity contribution in [3.63, 3.8) is 0 Å². The van der Waals surface area contributed by atoms with E-state index in [2.05, 4.69) is 32.2 Å². The Morgan fingerprint density at radius 3 is 2.41 bits per heavy atom. The van der Waals surface area contributed by atoms with E-state index in [-0.39, 0.29) is 0 Å². The van der Waals surface area contributed by atoms with E-state index in [1.807, 2.05) is 12.1 Å². The quantitative estimate of drug-likeness (QED) is 0.801. The van der Waals surface area contributed by atoms with Gasteiger partial charge < -0.3 is 5.32 Å². The zero-order chi connectivity index (χ0) is 12.8. The van der Waals surface area contributed by atoms with E-state index < -0.39 is 0 Å². The summed E-state index contributed by atoms with van der Waals surface area (Å²) in [5, 5.41) is 4.76. The monoisotopic (exact) mass is 273 g/mol. The van der Waals surface area contributed by atoms with Gasteiger partial charge in [-0.3, -0.25) is 0 Å². The van der Waals surface area contributed by atoms with Gasteiger partial charge in [-0.1, -0.05) is 56.5 Å². The van der Waals surface area contributed by atoms with E-state index in [0.717, 1.165) is 13.0 Å². The van der Waals surface area contributed by atoms with Crippen LogP contribution in [-0.4, -0.2) is 12.6 Å². The molecule has 0 radical (unpaired) electrons. The largest absolute Gasteiger partial charge is 0.314 e. The molecule has 0 aliphatic carbocycles. The molecule has 0 bridgehead atoms. The zero-order valence-electron chi connectivity index (χ0n) is 10.8. The van der Waals surface area contributed by atoms with Crippen molar-refractivity contribution in [1.82, 2.24) is 5.32 Å². The Morgan fingerprint density at radius 1 is 1.18 bits per heavy atom. The summed E-state index contributed by atoms with van der Waals surface area (Å²) >= 11 is 11.9. The Kier molecular flexibility index (Phi) is 6.32. The first-order valence-electron chi connectivity index (χ1n) is 6.20. The Labute approximate surface area is 115 Å². The van der Waals surface area contributed by atoms with Gasteiger partial charge in [-0.05, 0) is 36.6 Å². The topological polar surface area (TPSA) is 12.0 Å². The lowest BCUT2D eigenvalue weighted by atomic mass is 9.96. The van der Waals surface area contributed by atoms with Crippen molar-refractivity contribution in [2.45, 2.75) is 39.7 Å². The molecule has 1 unspecified atom stereocenters. The lowest BCUT2D eigenvalue weighted by Gasteiger charge is -2.18. The van der Waals surface area contributed by atoms with Crippen LogP contribution in [0.4, 0.5) is 0 Å². The summed E-state index contributed by atoms with van der Waals surface area (Å²) in [6, 6.07) is 6.45. The second kappa shape index (κ2) is 7.25. The number of hydrogen-bond donors (Lipinski definition) is 1. The molecule has 0 aliphatic heterocycles. The van der Waals surface area contributed by atoms with E-state index in [0.29, 0.717) is 22.0 Å². The predicted molar refractivity (Wildman–Crippen MR) is 77.1 cm³/mol. The third kappa shape index (κ3) is 5.29. The Morgan fingerprint density at radius 2 is 1.88 bits per heavy atom. The molecule has 0 amide bonds. The molecule has 1 N–H and O–H groups in total. The Bertz CT molecular complexity index is 350. The molecule has 3 heteroatoms. The number of benzene rings is 1. The van der Waals surface area contributed by atoms with Crippen molar-refractivity contribution in [2.75, 3.05) is 6.54 Å². The first-order chi connectivity index (χ1) is 8.02. The summed E-state index contributed by atoms with van der Waals surface area (Å²) in [5.41, 5.74) is 1.26. The van der Waals surface area contributed by atoms with Crippen molar-refractivity contribution >= 4 is 23.2 Å². The van der Waals surface area contributed by atoms with Gasteiger partial charge in [0.2, 0.25) is 0 Å². The summed E-state index contributed by atoms with van der Waals surface area (Å²) in [6.07, 6.45) is 2.22. The van der Waals surface area contributed by atoms with Gasteiger partial charge in [0.25, 0.3) is 0 Å². The molecule has 0 saturated carbocycles. The highest BCUT2D eigenvalue weighted by Gasteiger charge is 2.09. The second-order valence-corrected chi connectivity index (χ2v) is 5.60. The molecule has 0 aliphatic rings. The van der Waals surface area contributed by atoms with Crippen LogP contribution >= 0.6 is 23.2 Å². The van der Waals surface area contributed by atoms with Gasteiger partial charge >= 0.3 is 0 Å². The molecule has 0 saturated heterocycles. The van der Waals surface area contributed by atoms with Gasteiger partial charge in [0.05, 0.1) is 10.0 Å². The standard InChI is InChI=1S/C14H21Cl2N/c1-4-11(9-17-10(2)3)7-12-5-6-13(15)14(16)8-12/h5-6,8,10-11,17H,4,7,9H2,1-3H3. The van der Waals surface area contributed by atoms with Gasteiger partial charge in [-0.25, -0.2) is 0 Å². The molecule has 17 heavy (non-hydrogen) atoms. The summed E-state index contributed by atoms with van der Waals surface area (Å²) in [6.45, 7) is 7.62. The maximum atomic E-state index is 6.02. The minimum Gasteiger partial charge on any atom is -0.314 e. The first kappa shape index (κ1) is 14.8. The van der Waals surface area contributed by atoms with Gasteiger partial charge in [0, 0.05) is 6.04 Å². The van der Waals surface area contributed by atoms with Gasteiger partial charge in [0.1, 0.15) is 0 Å². The smallest absolute Gasteiger partial charge is 0.0595 e. The molecule has 1 atom stereocenters. The summed E-state index contributed by atoms with van der Waals surface area (Å²) in [4.78, 5) is 0. The normalized spacial score (nSPS) is 13.1. The molecule has 0 spiro atoms. The molecule has 0 fully saturated rings. The average molecular weight is 274 g/mol. The first-order valence-corrected chi connectivity index (χ1v) is 6.95. The zero-order valence-corrected chi connectivity index (χ0v) is 12.3. The summed E-state index contributed by atoms with van der Waals surface area (Å²) in [7, 11) is 0. The fourth-order valence-corrected chi connectivity index (χ4v) is 2.08. The van der Waals surface area contributed by atoms with Gasteiger partial charge in [0.15, 0.2) is 0 Å². The molecule has 1 aromatic rings. The van der Waals surface area contributed by atoms with E-state index >= 15 is 0 Å². The molecular formula is C14H21Cl2N. The fraction of sp³-hybridized carbons (Fsp3) is 0.571. The molecular weight excluding hydrogens is 253 g/mol. The van der Waals surface area contributed by atoms with Crippen molar-refractivity contribution in [3.8, 4) is 0 Å². The van der Waals surface area contributed by atoms with Crippen molar-refractivity contribution < 1.29 is 0 Å². The lowest BCUT2D eigenvalue weighted by molar-refractivity contribution is 0.436. The number of rotatable bonds is 6. The van der Waals surface area contributed by atoms with E-state index in [1.165, 1.54) is 12.0 Å². The van der Waals surface area contributed by atoms with Crippen molar-refractivity contribution in [2.24, 2.45) is 5.92 Å². The van der Waals surface area contributed by atoms with Crippen LogP contribution < -0.4 is 5.32 Å². The van der Waals surface area contributed by atoms with Crippen LogP contribution in [0, 0.1) is 5.92 Å². The molecule has 0 heterocycles. The number of hydrogen-bond acceptors (Lipinski definition) is 1. The number of halogens is 2. The van der Waals surface area contributed by atoms with Crippen molar-refractivity contribution in [3.05, 3.63) is 33.8 Å². The van der Waals surface area contributed by atoms with Crippen LogP contribution in [0.1, 0.15) is 32.8 Å². The van der Waals surface area contributed by atoms with Gasteiger partial charge in [-0.2, -0.15) is 0 Å². The van der Waals surface area contributed by atoms with E-state index in [9.17, 15) is 0 Å². The van der Waals surface area contributed by atoms with Crippen LogP contribution in [0.2, 0.25) is 10.0 Å². The van der Waals surface area contributed by atoms with Gasteiger partial charge in [-0.15, -0.1) is 0 Å². The molecule has 1 aromatic carbocycles. The minimum absolute atomic E-state index is 0.540. The summed E-state index contributed by atoms with van der Waals surface area (Å²) < 4.78 is 0. The average Bonchev–Trinajstić information content (AvgIpc) is 2.28. The highest BCUT2D eigenvalue weighted by atomic mass is 35.5. The van der Waals surface area contributed by atoms with Crippen LogP contribution in [0.5, 0.6) is 0 Å². The van der Waals surface area contributed by atoms with E-state index in [1.54, 1.807) is 0 Å². The molecule has 1 nitrogen and oxygen atoms in total. The third-order valence-corrected chi connectivity index (χ3v) is 3.64. The minimum atomic E-state index is 0.540. The molecule has 96 valence electrons. The highest BCUT2D eigenvalue weighted by molar-refractivity contribution is 6.42. The maximum Gasteiger partial charge on any atom is 0.0595 e. The summed E-state index contributed by atoms with van der Waals surface area (Å²) in [5.74, 6) is 0.648. The Hall–Kier alpha value is -0.240. The SMILES string of the molecule is CCC(CNC(C)C)Cc1ccc(Cl)c(Cl)c1.